The number of aromatic nitrogens is 3. The number of imidazole rings is 1. The zero-order valence-corrected chi connectivity index (χ0v) is 13.7. The Labute approximate surface area is 126 Å². The molecular weight excluding hydrogens is 414 g/mol. The summed E-state index contributed by atoms with van der Waals surface area (Å²) >= 11 is 0. The van der Waals surface area contributed by atoms with E-state index in [0.29, 0.717) is 0 Å². The zero-order chi connectivity index (χ0) is 12.9. The molecule has 0 N–H and O–H groups in total. The van der Waals surface area contributed by atoms with Gasteiger partial charge in [0, 0.05) is 39.7 Å². The Bertz CT molecular complexity index is 737. The fourth-order valence-corrected chi connectivity index (χ4v) is 2.56. The first-order valence-corrected chi connectivity index (χ1v) is 6.03. The minimum atomic E-state index is 0. The van der Waals surface area contributed by atoms with Crippen molar-refractivity contribution in [1.29, 1.82) is 0 Å². The van der Waals surface area contributed by atoms with Crippen LogP contribution in [0.15, 0.2) is 36.9 Å². The first-order valence-electron chi connectivity index (χ1n) is 6.03. The molecule has 3 nitrogen and oxygen atoms in total. The van der Waals surface area contributed by atoms with E-state index in [9.17, 15) is 0 Å². The maximum Gasteiger partial charge on any atom is 0.165 e. The van der Waals surface area contributed by atoms with Crippen molar-refractivity contribution in [1.82, 2.24) is 13.7 Å². The summed E-state index contributed by atoms with van der Waals surface area (Å²) in [4.78, 5) is 0. The van der Waals surface area contributed by atoms with Crippen LogP contribution in [0.2, 0.25) is 0 Å². The molecular formula is C15H17IrN3. The van der Waals surface area contributed by atoms with Gasteiger partial charge in [0.25, 0.3) is 0 Å². The standard InChI is InChI=1S/C15H17N3.Ir/c1-11-6-5-7-13-14(11)15(12(2)17(13)4)18-9-8-16(3)10-18;/h5-10H,1H2,2-4H3;. The largest absolute Gasteiger partial charge is 0.349 e. The molecule has 0 aliphatic carbocycles. The Balaban J connectivity index is 0.00000133. The Morgan fingerprint density at radius 3 is 2.53 bits per heavy atom. The average molecular weight is 432 g/mol. The van der Waals surface area contributed by atoms with Gasteiger partial charge in [0.15, 0.2) is 6.33 Å². The van der Waals surface area contributed by atoms with E-state index in [1.165, 1.54) is 22.3 Å². The van der Waals surface area contributed by atoms with Gasteiger partial charge in [0.05, 0.1) is 5.69 Å². The second-order valence-corrected chi connectivity index (χ2v) is 4.79. The van der Waals surface area contributed by atoms with Crippen molar-refractivity contribution in [3.63, 3.8) is 0 Å². The van der Waals surface area contributed by atoms with E-state index >= 15 is 0 Å². The molecule has 3 rings (SSSR count). The zero-order valence-electron chi connectivity index (χ0n) is 11.3. The van der Waals surface area contributed by atoms with Crippen molar-refractivity contribution < 1.29 is 20.1 Å². The number of hydrogen-bond donors (Lipinski definition) is 0. The van der Waals surface area contributed by atoms with Crippen molar-refractivity contribution >= 4 is 10.9 Å². The van der Waals surface area contributed by atoms with Crippen LogP contribution < -0.4 is 0 Å². The van der Waals surface area contributed by atoms with E-state index in [4.69, 9.17) is 0 Å². The van der Waals surface area contributed by atoms with Gasteiger partial charge >= 0.3 is 0 Å². The van der Waals surface area contributed by atoms with E-state index in [-0.39, 0.29) is 20.1 Å². The Kier molecular flexibility index (Phi) is 3.57. The van der Waals surface area contributed by atoms with Gasteiger partial charge in [0.1, 0.15) is 18.1 Å². The van der Waals surface area contributed by atoms with Crippen LogP contribution in [0, 0.1) is 13.8 Å². The molecule has 2 aromatic heterocycles. The molecule has 101 valence electrons. The molecule has 0 bridgehead atoms. The molecule has 2 heterocycles. The molecule has 1 radical (unpaired) electrons. The first kappa shape index (κ1) is 13.9. The van der Waals surface area contributed by atoms with Crippen molar-refractivity contribution in [2.24, 2.45) is 14.1 Å². The number of benzene rings is 1. The topological polar surface area (TPSA) is 14.8 Å². The van der Waals surface area contributed by atoms with Crippen LogP contribution in [0.4, 0.5) is 0 Å². The van der Waals surface area contributed by atoms with Gasteiger partial charge in [-0.2, -0.15) is 23.1 Å². The van der Waals surface area contributed by atoms with Gasteiger partial charge < -0.3 is 4.57 Å². The van der Waals surface area contributed by atoms with Crippen molar-refractivity contribution in [3.05, 3.63) is 55.1 Å². The summed E-state index contributed by atoms with van der Waals surface area (Å²) in [5.74, 6) is 0. The predicted octanol–water partition coefficient (Wildman–Crippen LogP) is 3.08. The van der Waals surface area contributed by atoms with Crippen molar-refractivity contribution in [3.8, 4) is 5.69 Å². The van der Waals surface area contributed by atoms with Crippen LogP contribution in [0.5, 0.6) is 0 Å². The summed E-state index contributed by atoms with van der Waals surface area (Å²) in [6, 6.07) is 6.27. The maximum atomic E-state index is 4.16. The van der Waals surface area contributed by atoms with Gasteiger partial charge in [-0.05, 0) is 12.3 Å². The number of aryl methyl sites for hydroxylation is 2. The summed E-state index contributed by atoms with van der Waals surface area (Å²) in [5.41, 5.74) is 4.77. The van der Waals surface area contributed by atoms with Gasteiger partial charge in [-0.15, -0.1) is 6.07 Å². The molecule has 1 aromatic carbocycles. The van der Waals surface area contributed by atoms with E-state index in [1.54, 1.807) is 0 Å². The van der Waals surface area contributed by atoms with Gasteiger partial charge in [-0.1, -0.05) is 6.07 Å². The molecule has 19 heavy (non-hydrogen) atoms. The van der Waals surface area contributed by atoms with E-state index in [1.807, 2.05) is 17.8 Å². The molecule has 4 heteroatoms. The number of nitrogens with zero attached hydrogens (tertiary/aromatic N) is 3. The third-order valence-corrected chi connectivity index (χ3v) is 3.60. The SMILES string of the molecule is [CH2-]c1cccc2c1c(-n1ccn(C)[cH+]1)c(C)n2C.[Ir]. The van der Waals surface area contributed by atoms with Gasteiger partial charge in [-0.25, -0.2) is 0 Å². The minimum absolute atomic E-state index is 0. The molecule has 0 atom stereocenters. The minimum Gasteiger partial charge on any atom is -0.349 e. The molecule has 0 fully saturated rings. The quantitative estimate of drug-likeness (QED) is 0.526. The number of fused-ring (bicyclic) bond motifs is 1. The first-order chi connectivity index (χ1) is 8.59. The predicted molar refractivity (Wildman–Crippen MR) is 74.8 cm³/mol. The van der Waals surface area contributed by atoms with Crippen molar-refractivity contribution in [2.45, 2.75) is 6.92 Å². The fraction of sp³-hybridized carbons (Fsp3) is 0.200. The van der Waals surface area contributed by atoms with Crippen molar-refractivity contribution in [2.75, 3.05) is 0 Å². The third-order valence-electron chi connectivity index (χ3n) is 3.60. The molecule has 0 saturated heterocycles. The summed E-state index contributed by atoms with van der Waals surface area (Å²) in [6.07, 6.45) is 6.20. The van der Waals surface area contributed by atoms with Crippen LogP contribution in [0.25, 0.3) is 16.6 Å². The van der Waals surface area contributed by atoms with E-state index in [0.717, 1.165) is 5.56 Å². The Hall–Kier alpha value is -1.51. The maximum absolute atomic E-state index is 4.16. The summed E-state index contributed by atoms with van der Waals surface area (Å²) in [6.45, 7) is 6.31. The van der Waals surface area contributed by atoms with Gasteiger partial charge in [-0.3, -0.25) is 4.57 Å². The third kappa shape index (κ3) is 2.01. The van der Waals surface area contributed by atoms with E-state index in [2.05, 4.69) is 60.8 Å². The second kappa shape index (κ2) is 4.87. The fourth-order valence-electron chi connectivity index (χ4n) is 2.56. The Morgan fingerprint density at radius 2 is 1.89 bits per heavy atom. The van der Waals surface area contributed by atoms with Crippen LogP contribution in [-0.2, 0) is 34.2 Å². The summed E-state index contributed by atoms with van der Waals surface area (Å²) < 4.78 is 6.43. The molecule has 3 aromatic rings. The van der Waals surface area contributed by atoms with Crippen LogP contribution in [-0.4, -0.2) is 13.7 Å². The molecule has 0 spiro atoms. The number of rotatable bonds is 1. The molecule has 0 aliphatic rings. The molecule has 0 aliphatic heterocycles. The van der Waals surface area contributed by atoms with Crippen LogP contribution in [0.3, 0.4) is 0 Å². The Morgan fingerprint density at radius 1 is 1.16 bits per heavy atom. The normalized spacial score (nSPS) is 10.7. The molecule has 0 amide bonds. The van der Waals surface area contributed by atoms with Gasteiger partial charge in [0.2, 0.25) is 0 Å². The molecule has 0 saturated carbocycles. The van der Waals surface area contributed by atoms with Crippen LogP contribution >= 0.6 is 0 Å². The second-order valence-electron chi connectivity index (χ2n) is 4.79. The molecule has 0 unspecified atom stereocenters. The number of hydrogen-bond acceptors (Lipinski definition) is 0. The smallest absolute Gasteiger partial charge is 0.165 e. The summed E-state index contributed by atoms with van der Waals surface area (Å²) in [7, 11) is 4.13. The van der Waals surface area contributed by atoms with Crippen LogP contribution in [0.1, 0.15) is 11.3 Å². The average Bonchev–Trinajstić information content (AvgIpc) is 2.86. The monoisotopic (exact) mass is 432 g/mol. The van der Waals surface area contributed by atoms with E-state index < -0.39 is 0 Å². The summed E-state index contributed by atoms with van der Waals surface area (Å²) in [5, 5.41) is 1.23.